The molecular weight excluding hydrogens is 202 g/mol. The lowest BCUT2D eigenvalue weighted by atomic mass is 10.0. The minimum absolute atomic E-state index is 0.389. The molecular formula is C12H15N3O. The van der Waals surface area contributed by atoms with Gasteiger partial charge in [0.25, 0.3) is 0 Å². The van der Waals surface area contributed by atoms with Crippen LogP contribution in [0.15, 0.2) is 18.2 Å². The summed E-state index contributed by atoms with van der Waals surface area (Å²) in [4.78, 5) is 7.91. The molecule has 0 bridgehead atoms. The van der Waals surface area contributed by atoms with Crippen LogP contribution >= 0.6 is 0 Å². The second-order valence-corrected chi connectivity index (χ2v) is 4.28. The lowest BCUT2D eigenvalue weighted by molar-refractivity contribution is 0.0784. The number of aromatic nitrogens is 2. The number of aromatic amines is 1. The van der Waals surface area contributed by atoms with Crippen molar-refractivity contribution in [3.63, 3.8) is 0 Å². The second kappa shape index (κ2) is 3.79. The zero-order valence-corrected chi connectivity index (χ0v) is 9.07. The molecule has 1 atom stereocenters. The van der Waals surface area contributed by atoms with Gasteiger partial charge in [0.15, 0.2) is 0 Å². The Morgan fingerprint density at radius 2 is 2.38 bits per heavy atom. The molecule has 1 saturated heterocycles. The Hall–Kier alpha value is -1.55. The highest BCUT2D eigenvalue weighted by atomic mass is 16.5. The van der Waals surface area contributed by atoms with E-state index in [2.05, 4.69) is 9.97 Å². The summed E-state index contributed by atoms with van der Waals surface area (Å²) in [6.45, 7) is 1.64. The van der Waals surface area contributed by atoms with Crippen molar-refractivity contribution in [1.82, 2.24) is 9.97 Å². The van der Waals surface area contributed by atoms with E-state index in [4.69, 9.17) is 10.5 Å². The predicted molar refractivity (Wildman–Crippen MR) is 63.3 cm³/mol. The third-order valence-electron chi connectivity index (χ3n) is 3.11. The summed E-state index contributed by atoms with van der Waals surface area (Å²) in [5, 5.41) is 0. The maximum absolute atomic E-state index is 5.89. The zero-order valence-electron chi connectivity index (χ0n) is 9.07. The molecule has 0 radical (unpaired) electrons. The average molecular weight is 217 g/mol. The molecule has 2 heterocycles. The van der Waals surface area contributed by atoms with Crippen molar-refractivity contribution >= 4 is 16.7 Å². The number of ether oxygens (including phenoxy) is 1. The van der Waals surface area contributed by atoms with Gasteiger partial charge >= 0.3 is 0 Å². The van der Waals surface area contributed by atoms with Crippen LogP contribution in [0.5, 0.6) is 0 Å². The van der Waals surface area contributed by atoms with Crippen molar-refractivity contribution in [2.75, 3.05) is 18.9 Å². The summed E-state index contributed by atoms with van der Waals surface area (Å²) in [5.41, 5.74) is 8.51. The summed E-state index contributed by atoms with van der Waals surface area (Å²) in [7, 11) is 0. The molecule has 4 heteroatoms. The van der Waals surface area contributed by atoms with E-state index in [1.807, 2.05) is 18.2 Å². The fourth-order valence-corrected chi connectivity index (χ4v) is 2.22. The number of anilines is 1. The summed E-state index contributed by atoms with van der Waals surface area (Å²) in [6, 6.07) is 5.83. The fraction of sp³-hybridized carbons (Fsp3) is 0.417. The molecule has 0 amide bonds. The molecule has 3 rings (SSSR count). The Labute approximate surface area is 93.8 Å². The van der Waals surface area contributed by atoms with Gasteiger partial charge in [0, 0.05) is 12.5 Å². The predicted octanol–water partition coefficient (Wildman–Crippen LogP) is 2.04. The minimum Gasteiger partial charge on any atom is -0.397 e. The first kappa shape index (κ1) is 9.66. The molecule has 0 spiro atoms. The van der Waals surface area contributed by atoms with Gasteiger partial charge in [0.05, 0.1) is 17.8 Å². The SMILES string of the molecule is Nc1cccc2[nH]c(C3CCCOC3)nc12. The molecule has 3 N–H and O–H groups in total. The quantitative estimate of drug-likeness (QED) is 0.718. The monoisotopic (exact) mass is 217 g/mol. The van der Waals surface area contributed by atoms with Crippen molar-refractivity contribution in [2.24, 2.45) is 0 Å². The van der Waals surface area contributed by atoms with Crippen LogP contribution < -0.4 is 5.73 Å². The number of nitrogens with two attached hydrogens (primary N) is 1. The van der Waals surface area contributed by atoms with Gasteiger partial charge in [-0.25, -0.2) is 4.98 Å². The lowest BCUT2D eigenvalue weighted by Gasteiger charge is -2.19. The lowest BCUT2D eigenvalue weighted by Crippen LogP contribution is -2.16. The number of nitrogens with one attached hydrogen (secondary N) is 1. The highest BCUT2D eigenvalue weighted by molar-refractivity contribution is 5.86. The molecule has 0 aliphatic carbocycles. The number of hydrogen-bond acceptors (Lipinski definition) is 3. The van der Waals surface area contributed by atoms with E-state index >= 15 is 0 Å². The van der Waals surface area contributed by atoms with Gasteiger partial charge in [-0.05, 0) is 25.0 Å². The third-order valence-corrected chi connectivity index (χ3v) is 3.11. The molecule has 84 valence electrons. The smallest absolute Gasteiger partial charge is 0.112 e. The van der Waals surface area contributed by atoms with E-state index < -0.39 is 0 Å². The van der Waals surface area contributed by atoms with Crippen LogP contribution in [-0.4, -0.2) is 23.2 Å². The molecule has 4 nitrogen and oxygen atoms in total. The Morgan fingerprint density at radius 1 is 1.44 bits per heavy atom. The second-order valence-electron chi connectivity index (χ2n) is 4.28. The number of fused-ring (bicyclic) bond motifs is 1. The topological polar surface area (TPSA) is 63.9 Å². The van der Waals surface area contributed by atoms with Crippen LogP contribution in [0.2, 0.25) is 0 Å². The third kappa shape index (κ3) is 1.55. The Bertz CT molecular complexity index is 500. The number of benzene rings is 1. The molecule has 1 unspecified atom stereocenters. The molecule has 1 fully saturated rings. The first-order chi connectivity index (χ1) is 7.84. The average Bonchev–Trinajstić information content (AvgIpc) is 2.76. The van der Waals surface area contributed by atoms with E-state index in [0.29, 0.717) is 5.92 Å². The summed E-state index contributed by atoms with van der Waals surface area (Å²) in [5.74, 6) is 1.40. The summed E-state index contributed by atoms with van der Waals surface area (Å²) < 4.78 is 5.47. The van der Waals surface area contributed by atoms with Gasteiger partial charge < -0.3 is 15.5 Å². The first-order valence-corrected chi connectivity index (χ1v) is 5.66. The van der Waals surface area contributed by atoms with Crippen LogP contribution in [0.3, 0.4) is 0 Å². The van der Waals surface area contributed by atoms with Crippen LogP contribution in [0.4, 0.5) is 5.69 Å². The number of imidazole rings is 1. The van der Waals surface area contributed by atoms with Crippen molar-refractivity contribution < 1.29 is 4.74 Å². The Balaban J connectivity index is 2.01. The number of nitrogen functional groups attached to an aromatic ring is 1. The highest BCUT2D eigenvalue weighted by Crippen LogP contribution is 2.26. The fourth-order valence-electron chi connectivity index (χ4n) is 2.22. The summed E-state index contributed by atoms with van der Waals surface area (Å²) in [6.07, 6.45) is 2.25. The number of rotatable bonds is 1. The van der Waals surface area contributed by atoms with E-state index in [1.165, 1.54) is 0 Å². The maximum Gasteiger partial charge on any atom is 0.112 e. The van der Waals surface area contributed by atoms with Crippen molar-refractivity contribution in [1.29, 1.82) is 0 Å². The van der Waals surface area contributed by atoms with Crippen molar-refractivity contribution in [3.8, 4) is 0 Å². The van der Waals surface area contributed by atoms with E-state index in [0.717, 1.165) is 48.6 Å². The summed E-state index contributed by atoms with van der Waals surface area (Å²) >= 11 is 0. The van der Waals surface area contributed by atoms with Gasteiger partial charge in [0.2, 0.25) is 0 Å². The number of hydrogen-bond donors (Lipinski definition) is 2. The van der Waals surface area contributed by atoms with Gasteiger partial charge in [-0.2, -0.15) is 0 Å². The van der Waals surface area contributed by atoms with Crippen LogP contribution in [0.1, 0.15) is 24.6 Å². The molecule has 0 saturated carbocycles. The van der Waals surface area contributed by atoms with Crippen LogP contribution in [-0.2, 0) is 4.74 Å². The van der Waals surface area contributed by atoms with E-state index in [9.17, 15) is 0 Å². The van der Waals surface area contributed by atoms with E-state index in [-0.39, 0.29) is 0 Å². The molecule has 2 aromatic rings. The van der Waals surface area contributed by atoms with Crippen molar-refractivity contribution in [2.45, 2.75) is 18.8 Å². The Morgan fingerprint density at radius 3 is 3.12 bits per heavy atom. The highest BCUT2D eigenvalue weighted by Gasteiger charge is 2.19. The zero-order chi connectivity index (χ0) is 11.0. The Kier molecular flexibility index (Phi) is 2.29. The van der Waals surface area contributed by atoms with Gasteiger partial charge in [-0.15, -0.1) is 0 Å². The molecule has 1 aromatic heterocycles. The maximum atomic E-state index is 5.89. The molecule has 1 aliphatic heterocycles. The number of H-pyrrole nitrogens is 1. The first-order valence-electron chi connectivity index (χ1n) is 5.66. The number of nitrogens with zero attached hydrogens (tertiary/aromatic N) is 1. The standard InChI is InChI=1S/C12H15N3O/c13-9-4-1-5-10-11(9)15-12(14-10)8-3-2-6-16-7-8/h1,4-5,8H,2-3,6-7,13H2,(H,14,15). The minimum atomic E-state index is 0.389. The van der Waals surface area contributed by atoms with Gasteiger partial charge in [-0.1, -0.05) is 6.07 Å². The molecule has 1 aliphatic rings. The molecule has 16 heavy (non-hydrogen) atoms. The van der Waals surface area contributed by atoms with Crippen LogP contribution in [0, 0.1) is 0 Å². The van der Waals surface area contributed by atoms with Gasteiger partial charge in [-0.3, -0.25) is 0 Å². The van der Waals surface area contributed by atoms with Crippen molar-refractivity contribution in [3.05, 3.63) is 24.0 Å². The van der Waals surface area contributed by atoms with Gasteiger partial charge in [0.1, 0.15) is 11.3 Å². The normalized spacial score (nSPS) is 21.4. The number of para-hydroxylation sites is 1. The van der Waals surface area contributed by atoms with Crippen LogP contribution in [0.25, 0.3) is 11.0 Å². The molecule has 1 aromatic carbocycles. The van der Waals surface area contributed by atoms with E-state index in [1.54, 1.807) is 0 Å². The largest absolute Gasteiger partial charge is 0.397 e.